The Bertz CT molecular complexity index is 441. The van der Waals surface area contributed by atoms with Gasteiger partial charge in [0.2, 0.25) is 0 Å². The number of urea groups is 1. The zero-order valence-corrected chi connectivity index (χ0v) is 9.27. The molecule has 0 spiro atoms. The Morgan fingerprint density at radius 3 is 3.19 bits per heavy atom. The predicted molar refractivity (Wildman–Crippen MR) is 56.9 cm³/mol. The molecule has 7 nitrogen and oxygen atoms in total. The minimum Gasteiger partial charge on any atom is -0.364 e. The Kier molecular flexibility index (Phi) is 3.10. The molecular weight excluding hydrogens is 230 g/mol. The Hall–Kier alpha value is -1.96. The summed E-state index contributed by atoms with van der Waals surface area (Å²) in [6.45, 7) is 0.375. The lowest BCUT2D eigenvalue weighted by Gasteiger charge is -2.14. The Morgan fingerprint density at radius 2 is 2.56 bits per heavy atom. The third kappa shape index (κ3) is 2.54. The highest BCUT2D eigenvalue weighted by Crippen LogP contribution is 2.05. The molecule has 2 amide bonds. The zero-order chi connectivity index (χ0) is 11.4. The van der Waals surface area contributed by atoms with Crippen LogP contribution < -0.4 is 5.32 Å². The first kappa shape index (κ1) is 10.6. The monoisotopic (exact) mass is 239 g/mol. The largest absolute Gasteiger partial charge is 0.364 e. The van der Waals surface area contributed by atoms with E-state index in [9.17, 15) is 4.79 Å². The number of carbonyl (C=O) groups is 1. The molecule has 0 radical (unpaired) electrons. The fourth-order valence-corrected chi connectivity index (χ4v) is 1.43. The van der Waals surface area contributed by atoms with Crippen molar-refractivity contribution in [2.24, 2.45) is 0 Å². The number of anilines is 1. The summed E-state index contributed by atoms with van der Waals surface area (Å²) in [4.78, 5) is 13.1. The minimum atomic E-state index is -0.268. The summed E-state index contributed by atoms with van der Waals surface area (Å²) in [5, 5.41) is 6.31. The first-order chi connectivity index (χ1) is 7.75. The molecule has 0 bridgehead atoms. The lowest BCUT2D eigenvalue weighted by Crippen LogP contribution is -2.31. The van der Waals surface area contributed by atoms with Crippen LogP contribution in [0.15, 0.2) is 23.0 Å². The van der Waals surface area contributed by atoms with Crippen molar-refractivity contribution < 1.29 is 9.32 Å². The average Bonchev–Trinajstić information content (AvgIpc) is 2.90. The lowest BCUT2D eigenvalue weighted by molar-refractivity contribution is 0.219. The van der Waals surface area contributed by atoms with E-state index in [1.54, 1.807) is 13.1 Å². The molecule has 2 rings (SSSR count). The van der Waals surface area contributed by atoms with Crippen LogP contribution in [0, 0.1) is 0 Å². The number of hydrogen-bond donors (Lipinski definition) is 1. The van der Waals surface area contributed by atoms with Gasteiger partial charge in [0.15, 0.2) is 5.82 Å². The van der Waals surface area contributed by atoms with Gasteiger partial charge in [0.05, 0.1) is 24.5 Å². The molecule has 0 aliphatic heterocycles. The van der Waals surface area contributed by atoms with Gasteiger partial charge in [-0.25, -0.2) is 4.79 Å². The summed E-state index contributed by atoms with van der Waals surface area (Å²) < 4.78 is 12.3. The highest BCUT2D eigenvalue weighted by atomic mass is 32.1. The third-order valence-corrected chi connectivity index (χ3v) is 2.31. The topological polar surface area (TPSA) is 84.2 Å². The summed E-state index contributed by atoms with van der Waals surface area (Å²) in [7, 11) is 1.66. The van der Waals surface area contributed by atoms with Crippen LogP contribution >= 0.6 is 11.7 Å². The van der Waals surface area contributed by atoms with E-state index < -0.39 is 0 Å². The zero-order valence-electron chi connectivity index (χ0n) is 8.45. The number of nitrogens with zero attached hydrogens (tertiary/aromatic N) is 4. The highest BCUT2D eigenvalue weighted by molar-refractivity contribution is 6.99. The van der Waals surface area contributed by atoms with E-state index in [2.05, 4.69) is 23.7 Å². The van der Waals surface area contributed by atoms with Crippen molar-refractivity contribution in [1.29, 1.82) is 0 Å². The summed E-state index contributed by atoms with van der Waals surface area (Å²) in [6.07, 6.45) is 2.96. The highest BCUT2D eigenvalue weighted by Gasteiger charge is 2.11. The van der Waals surface area contributed by atoms with Crippen LogP contribution in [0.3, 0.4) is 0 Å². The predicted octanol–water partition coefficient (Wildman–Crippen LogP) is 1.19. The standard InChI is InChI=1S/C8H9N5O2S/c1-13(5-6-2-3-15-11-6)8(14)10-7-4-9-16-12-7/h2-4H,5H2,1H3,(H,10,12,14). The minimum absolute atomic E-state index is 0.268. The van der Waals surface area contributed by atoms with Crippen molar-refractivity contribution in [2.75, 3.05) is 12.4 Å². The van der Waals surface area contributed by atoms with Crippen molar-refractivity contribution in [1.82, 2.24) is 18.8 Å². The summed E-state index contributed by atoms with van der Waals surface area (Å²) >= 11 is 1.04. The Labute approximate surface area is 95.4 Å². The summed E-state index contributed by atoms with van der Waals surface area (Å²) in [5.74, 6) is 0.446. The summed E-state index contributed by atoms with van der Waals surface area (Å²) in [6, 6.07) is 1.43. The normalized spacial score (nSPS) is 10.1. The molecule has 0 unspecified atom stereocenters. The van der Waals surface area contributed by atoms with Gasteiger partial charge < -0.3 is 9.42 Å². The molecule has 16 heavy (non-hydrogen) atoms. The first-order valence-electron chi connectivity index (χ1n) is 4.44. The van der Waals surface area contributed by atoms with Gasteiger partial charge in [-0.15, -0.1) is 0 Å². The molecule has 1 N–H and O–H groups in total. The van der Waals surface area contributed by atoms with Crippen molar-refractivity contribution in [2.45, 2.75) is 6.54 Å². The van der Waals surface area contributed by atoms with Crippen LogP contribution in [0.1, 0.15) is 5.69 Å². The number of aromatic nitrogens is 3. The molecule has 2 heterocycles. The molecule has 0 aromatic carbocycles. The summed E-state index contributed by atoms with van der Waals surface area (Å²) in [5.41, 5.74) is 0.689. The van der Waals surface area contributed by atoms with E-state index in [-0.39, 0.29) is 6.03 Å². The second-order valence-electron chi connectivity index (χ2n) is 3.07. The fraction of sp³-hybridized carbons (Fsp3) is 0.250. The molecule has 84 valence electrons. The Morgan fingerprint density at radius 1 is 1.69 bits per heavy atom. The molecule has 0 atom stereocenters. The van der Waals surface area contributed by atoms with Gasteiger partial charge in [-0.2, -0.15) is 8.75 Å². The molecule has 2 aromatic rings. The average molecular weight is 239 g/mol. The van der Waals surface area contributed by atoms with E-state index in [0.29, 0.717) is 18.1 Å². The van der Waals surface area contributed by atoms with E-state index in [1.165, 1.54) is 17.4 Å². The van der Waals surface area contributed by atoms with E-state index in [1.807, 2.05) is 0 Å². The second-order valence-corrected chi connectivity index (χ2v) is 3.63. The number of rotatable bonds is 3. The third-order valence-electron chi connectivity index (χ3n) is 1.83. The molecule has 0 aliphatic rings. The van der Waals surface area contributed by atoms with Crippen LogP contribution in [0.4, 0.5) is 10.6 Å². The maximum absolute atomic E-state index is 11.6. The Balaban J connectivity index is 1.90. The van der Waals surface area contributed by atoms with E-state index >= 15 is 0 Å². The van der Waals surface area contributed by atoms with E-state index in [0.717, 1.165) is 11.7 Å². The van der Waals surface area contributed by atoms with Gasteiger partial charge in [-0.1, -0.05) is 5.16 Å². The molecule has 0 saturated heterocycles. The number of carbonyl (C=O) groups excluding carboxylic acids is 1. The maximum atomic E-state index is 11.6. The van der Waals surface area contributed by atoms with Gasteiger partial charge in [0, 0.05) is 13.1 Å². The smallest absolute Gasteiger partial charge is 0.323 e. The van der Waals surface area contributed by atoms with Gasteiger partial charge in [-0.05, 0) is 0 Å². The number of hydrogen-bond acceptors (Lipinski definition) is 6. The van der Waals surface area contributed by atoms with Crippen LogP contribution in [0.25, 0.3) is 0 Å². The quantitative estimate of drug-likeness (QED) is 0.869. The molecule has 0 saturated carbocycles. The fourth-order valence-electron chi connectivity index (χ4n) is 1.06. The number of nitrogens with one attached hydrogen (secondary N) is 1. The molecule has 0 aliphatic carbocycles. The van der Waals surface area contributed by atoms with Crippen LogP contribution in [0.5, 0.6) is 0 Å². The molecule has 8 heteroatoms. The molecule has 0 fully saturated rings. The maximum Gasteiger partial charge on any atom is 0.323 e. The van der Waals surface area contributed by atoms with Crippen LogP contribution in [-0.4, -0.2) is 31.9 Å². The van der Waals surface area contributed by atoms with Gasteiger partial charge in [-0.3, -0.25) is 5.32 Å². The molecular formula is C8H9N5O2S. The van der Waals surface area contributed by atoms with Crippen LogP contribution in [-0.2, 0) is 6.54 Å². The molecule has 2 aromatic heterocycles. The van der Waals surface area contributed by atoms with Crippen molar-refractivity contribution in [3.8, 4) is 0 Å². The second kappa shape index (κ2) is 4.71. The van der Waals surface area contributed by atoms with Crippen molar-refractivity contribution >= 4 is 23.6 Å². The lowest BCUT2D eigenvalue weighted by atomic mass is 10.4. The SMILES string of the molecule is CN(Cc1ccon1)C(=O)Nc1cnsn1. The number of amides is 2. The van der Waals surface area contributed by atoms with Gasteiger partial charge >= 0.3 is 6.03 Å². The first-order valence-corrected chi connectivity index (χ1v) is 5.17. The van der Waals surface area contributed by atoms with Crippen LogP contribution in [0.2, 0.25) is 0 Å². The van der Waals surface area contributed by atoms with Crippen molar-refractivity contribution in [3.63, 3.8) is 0 Å². The van der Waals surface area contributed by atoms with E-state index in [4.69, 9.17) is 0 Å². The van der Waals surface area contributed by atoms with Gasteiger partial charge in [0.1, 0.15) is 12.0 Å². The van der Waals surface area contributed by atoms with Crippen molar-refractivity contribution in [3.05, 3.63) is 24.2 Å². The van der Waals surface area contributed by atoms with Gasteiger partial charge in [0.25, 0.3) is 0 Å².